The second kappa shape index (κ2) is 7.59. The number of allylic oxidation sites excluding steroid dienone is 1. The summed E-state index contributed by atoms with van der Waals surface area (Å²) in [5.41, 5.74) is 2.97. The first-order valence-corrected chi connectivity index (χ1v) is 9.33. The van der Waals surface area contributed by atoms with Crippen LogP contribution in [-0.2, 0) is 16.6 Å². The van der Waals surface area contributed by atoms with Gasteiger partial charge in [-0.2, -0.15) is 0 Å². The molecule has 0 bridgehead atoms. The van der Waals surface area contributed by atoms with Gasteiger partial charge in [0.15, 0.2) is 12.4 Å². The number of hydrogen-bond donors (Lipinski definition) is 0. The third-order valence-electron chi connectivity index (χ3n) is 5.12. The van der Waals surface area contributed by atoms with Gasteiger partial charge < -0.3 is 23.5 Å². The van der Waals surface area contributed by atoms with Gasteiger partial charge in [0.25, 0.3) is 0 Å². The molecule has 1 aliphatic rings. The minimum Gasteiger partial charge on any atom is -0.497 e. The fourth-order valence-corrected chi connectivity index (χ4v) is 3.50. The molecule has 0 saturated carbocycles. The van der Waals surface area contributed by atoms with Crippen molar-refractivity contribution in [2.24, 2.45) is 7.05 Å². The third kappa shape index (κ3) is 3.28. The lowest BCUT2D eigenvalue weighted by molar-refractivity contribution is -0.142. The molecule has 3 aromatic rings. The van der Waals surface area contributed by atoms with E-state index in [2.05, 4.69) is 4.74 Å². The second-order valence-electron chi connectivity index (χ2n) is 6.95. The van der Waals surface area contributed by atoms with E-state index in [1.54, 1.807) is 32.2 Å². The molecular formula is C23H21NO6. The van der Waals surface area contributed by atoms with Crippen LogP contribution < -0.4 is 14.2 Å². The Morgan fingerprint density at radius 2 is 2.00 bits per heavy atom. The molecule has 2 aromatic carbocycles. The summed E-state index contributed by atoms with van der Waals surface area (Å²) in [4.78, 5) is 24.2. The number of carbonyl (C=O) groups excluding carboxylic acids is 2. The number of esters is 1. The highest BCUT2D eigenvalue weighted by atomic mass is 16.6. The minimum atomic E-state index is -0.487. The highest BCUT2D eigenvalue weighted by Gasteiger charge is 2.30. The largest absolute Gasteiger partial charge is 0.497 e. The first-order chi connectivity index (χ1) is 14.4. The van der Waals surface area contributed by atoms with Crippen LogP contribution in [-0.4, -0.2) is 37.1 Å². The van der Waals surface area contributed by atoms with Crippen molar-refractivity contribution in [3.63, 3.8) is 0 Å². The van der Waals surface area contributed by atoms with Crippen LogP contribution in [0.2, 0.25) is 0 Å². The Balaban J connectivity index is 1.69. The molecule has 0 aliphatic carbocycles. The zero-order valence-corrected chi connectivity index (χ0v) is 17.1. The average molecular weight is 407 g/mol. The maximum atomic E-state index is 12.9. The molecule has 4 rings (SSSR count). The van der Waals surface area contributed by atoms with Gasteiger partial charge in [0.2, 0.25) is 5.78 Å². The van der Waals surface area contributed by atoms with Crippen LogP contribution in [0.5, 0.6) is 17.2 Å². The zero-order chi connectivity index (χ0) is 21.4. The molecule has 0 fully saturated rings. The van der Waals surface area contributed by atoms with Gasteiger partial charge in [-0.15, -0.1) is 0 Å². The number of aryl methyl sites for hydroxylation is 1. The lowest BCUT2D eigenvalue weighted by Crippen LogP contribution is -2.13. The molecule has 0 N–H and O–H groups in total. The number of ether oxygens (including phenoxy) is 4. The van der Waals surface area contributed by atoms with Gasteiger partial charge in [0.1, 0.15) is 17.2 Å². The van der Waals surface area contributed by atoms with Crippen molar-refractivity contribution in [2.45, 2.75) is 6.92 Å². The molecule has 0 atom stereocenters. The van der Waals surface area contributed by atoms with E-state index < -0.39 is 5.97 Å². The number of fused-ring (bicyclic) bond motifs is 2. The van der Waals surface area contributed by atoms with Crippen molar-refractivity contribution >= 4 is 28.7 Å². The van der Waals surface area contributed by atoms with Gasteiger partial charge >= 0.3 is 5.97 Å². The van der Waals surface area contributed by atoms with Gasteiger partial charge in [-0.1, -0.05) is 0 Å². The Hall–Kier alpha value is -3.74. The van der Waals surface area contributed by atoms with Gasteiger partial charge in [0, 0.05) is 35.3 Å². The van der Waals surface area contributed by atoms with E-state index in [0.29, 0.717) is 22.6 Å². The highest BCUT2D eigenvalue weighted by molar-refractivity contribution is 6.15. The number of carbonyl (C=O) groups is 2. The van der Waals surface area contributed by atoms with Crippen molar-refractivity contribution in [3.05, 3.63) is 59.0 Å². The maximum absolute atomic E-state index is 12.9. The van der Waals surface area contributed by atoms with Crippen LogP contribution in [0.25, 0.3) is 17.0 Å². The van der Waals surface area contributed by atoms with Gasteiger partial charge in [-0.25, -0.2) is 4.79 Å². The van der Waals surface area contributed by atoms with Crippen LogP contribution in [0.15, 0.2) is 42.3 Å². The number of aromatic nitrogens is 1. The predicted octanol–water partition coefficient (Wildman–Crippen LogP) is 3.66. The molecule has 1 aromatic heterocycles. The summed E-state index contributed by atoms with van der Waals surface area (Å²) in [7, 11) is 4.85. The van der Waals surface area contributed by atoms with E-state index in [4.69, 9.17) is 14.2 Å². The molecule has 154 valence electrons. The highest BCUT2D eigenvalue weighted by Crippen LogP contribution is 2.40. The topological polar surface area (TPSA) is 76.0 Å². The van der Waals surface area contributed by atoms with Crippen molar-refractivity contribution in [1.82, 2.24) is 4.57 Å². The lowest BCUT2D eigenvalue weighted by atomic mass is 10.1. The summed E-state index contributed by atoms with van der Waals surface area (Å²) in [6, 6.07) is 9.09. The first kappa shape index (κ1) is 19.6. The smallest absolute Gasteiger partial charge is 0.343 e. The average Bonchev–Trinajstić information content (AvgIpc) is 3.24. The second-order valence-corrected chi connectivity index (χ2v) is 6.95. The number of methoxy groups -OCH3 is 2. The molecular weight excluding hydrogens is 386 g/mol. The number of rotatable bonds is 5. The molecule has 1 aliphatic heterocycles. The van der Waals surface area contributed by atoms with Gasteiger partial charge in [-0.05, 0) is 43.3 Å². The quantitative estimate of drug-likeness (QED) is 0.475. The van der Waals surface area contributed by atoms with Crippen LogP contribution >= 0.6 is 0 Å². The van der Waals surface area contributed by atoms with Crippen molar-refractivity contribution in [3.8, 4) is 17.2 Å². The lowest BCUT2D eigenvalue weighted by Gasteiger charge is -2.10. The van der Waals surface area contributed by atoms with Crippen LogP contribution in [0.3, 0.4) is 0 Å². The molecule has 2 heterocycles. The number of benzene rings is 2. The summed E-state index contributed by atoms with van der Waals surface area (Å²) < 4.78 is 23.3. The normalized spacial score (nSPS) is 14.0. The molecule has 0 amide bonds. The molecule has 0 radical (unpaired) electrons. The van der Waals surface area contributed by atoms with Gasteiger partial charge in [0.05, 0.1) is 19.8 Å². The zero-order valence-electron chi connectivity index (χ0n) is 17.1. The SMILES string of the molecule is COC(=O)COc1ccc2c(c1C)O/C(=C\c1cn(C)c3ccc(OC)cc13)C2=O. The summed E-state index contributed by atoms with van der Waals surface area (Å²) >= 11 is 0. The summed E-state index contributed by atoms with van der Waals surface area (Å²) in [5, 5.41) is 0.954. The number of nitrogens with zero attached hydrogens (tertiary/aromatic N) is 1. The van der Waals surface area contributed by atoms with Crippen molar-refractivity contribution in [2.75, 3.05) is 20.8 Å². The molecule has 30 heavy (non-hydrogen) atoms. The number of ketones is 1. The minimum absolute atomic E-state index is 0.201. The van der Waals surface area contributed by atoms with Crippen molar-refractivity contribution < 1.29 is 28.5 Å². The summed E-state index contributed by atoms with van der Waals surface area (Å²) in [5.74, 6) is 1.17. The first-order valence-electron chi connectivity index (χ1n) is 9.33. The fraction of sp³-hybridized carbons (Fsp3) is 0.217. The van der Waals surface area contributed by atoms with E-state index in [9.17, 15) is 9.59 Å². The molecule has 0 spiro atoms. The van der Waals surface area contributed by atoms with E-state index in [-0.39, 0.29) is 18.1 Å². The Morgan fingerprint density at radius 3 is 2.73 bits per heavy atom. The van der Waals surface area contributed by atoms with Crippen LogP contribution in [0.1, 0.15) is 21.5 Å². The van der Waals surface area contributed by atoms with Crippen LogP contribution in [0.4, 0.5) is 0 Å². The van der Waals surface area contributed by atoms with Gasteiger partial charge in [-0.3, -0.25) is 4.79 Å². The van der Waals surface area contributed by atoms with E-state index >= 15 is 0 Å². The number of Topliss-reactive ketones (excluding diaryl/α,β-unsaturated/α-hetero) is 1. The molecule has 0 unspecified atom stereocenters. The monoisotopic (exact) mass is 407 g/mol. The Labute approximate surface area is 173 Å². The standard InChI is InChI=1S/C23H21NO6/c1-13-19(29-12-21(25)28-4)8-6-16-22(26)20(30-23(13)16)9-14-11-24(2)18-7-5-15(27-3)10-17(14)18/h5-11H,12H2,1-4H3/b20-9-. The maximum Gasteiger partial charge on any atom is 0.343 e. The molecule has 7 heteroatoms. The molecule has 0 saturated heterocycles. The van der Waals surface area contributed by atoms with Crippen LogP contribution in [0, 0.1) is 6.92 Å². The van der Waals surface area contributed by atoms with E-state index in [0.717, 1.165) is 22.2 Å². The van der Waals surface area contributed by atoms with E-state index in [1.807, 2.05) is 36.0 Å². The predicted molar refractivity (Wildman–Crippen MR) is 111 cm³/mol. The number of hydrogen-bond acceptors (Lipinski definition) is 6. The summed E-state index contributed by atoms with van der Waals surface area (Å²) in [6.45, 7) is 1.56. The van der Waals surface area contributed by atoms with E-state index in [1.165, 1.54) is 7.11 Å². The van der Waals surface area contributed by atoms with Crippen molar-refractivity contribution in [1.29, 1.82) is 0 Å². The molecule has 7 nitrogen and oxygen atoms in total. The summed E-state index contributed by atoms with van der Waals surface area (Å²) in [6.07, 6.45) is 3.67. The Morgan fingerprint density at radius 1 is 1.20 bits per heavy atom. The Kier molecular flexibility index (Phi) is 4.95. The Bertz CT molecular complexity index is 1200. The fourth-order valence-electron chi connectivity index (χ4n) is 3.50. The third-order valence-corrected chi connectivity index (χ3v) is 5.12.